The average Bonchev–Trinajstić information content (AvgIpc) is 2.96. The molecule has 0 radical (unpaired) electrons. The van der Waals surface area contributed by atoms with Crippen molar-refractivity contribution in [2.24, 2.45) is 0 Å². The molecule has 2 atom stereocenters. The van der Waals surface area contributed by atoms with Gasteiger partial charge in [0.15, 0.2) is 0 Å². The molecule has 0 saturated heterocycles. The molecule has 0 heterocycles. The first kappa shape index (κ1) is 30.7. The zero-order valence-corrected chi connectivity index (χ0v) is 24.6. The summed E-state index contributed by atoms with van der Waals surface area (Å²) in [7, 11) is -2.72. The maximum Gasteiger partial charge on any atom is 0.264 e. The number of benzene rings is 3. The summed E-state index contributed by atoms with van der Waals surface area (Å²) in [6.45, 7) is 7.31. The number of ether oxygens (including phenoxy) is 1. The van der Waals surface area contributed by atoms with Gasteiger partial charge >= 0.3 is 0 Å². The Kier molecular flexibility index (Phi) is 10.7. The number of sulfonamides is 1. The Morgan fingerprint density at radius 1 is 0.900 bits per heavy atom. The number of aryl methyl sites for hydroxylation is 1. The molecule has 8 nitrogen and oxygen atoms in total. The van der Waals surface area contributed by atoms with Crippen molar-refractivity contribution >= 4 is 27.5 Å². The Balaban J connectivity index is 2.10. The third-order valence-electron chi connectivity index (χ3n) is 6.95. The van der Waals surface area contributed by atoms with E-state index in [9.17, 15) is 18.0 Å². The third-order valence-corrected chi connectivity index (χ3v) is 8.73. The lowest BCUT2D eigenvalue weighted by Gasteiger charge is -2.34. The summed E-state index contributed by atoms with van der Waals surface area (Å²) in [5.74, 6) is -0.463. The van der Waals surface area contributed by atoms with Crippen molar-refractivity contribution < 1.29 is 22.7 Å². The van der Waals surface area contributed by atoms with Gasteiger partial charge in [0.05, 0.1) is 17.7 Å². The van der Waals surface area contributed by atoms with E-state index in [1.165, 1.54) is 24.1 Å². The minimum atomic E-state index is -4.17. The van der Waals surface area contributed by atoms with E-state index in [-0.39, 0.29) is 29.1 Å². The summed E-state index contributed by atoms with van der Waals surface area (Å²) in [6.07, 6.45) is 1.10. The number of hydrogen-bond donors (Lipinski definition) is 1. The highest BCUT2D eigenvalue weighted by Gasteiger charge is 2.35. The number of methoxy groups -OCH3 is 1. The number of hydrogen-bond acceptors (Lipinski definition) is 5. The van der Waals surface area contributed by atoms with Gasteiger partial charge in [-0.15, -0.1) is 0 Å². The average molecular weight is 566 g/mol. The first-order valence-corrected chi connectivity index (χ1v) is 14.9. The number of amides is 2. The van der Waals surface area contributed by atoms with E-state index in [1.54, 1.807) is 42.5 Å². The number of rotatable bonds is 13. The molecule has 0 aliphatic heterocycles. The highest BCUT2D eigenvalue weighted by Crippen LogP contribution is 2.32. The van der Waals surface area contributed by atoms with Crippen LogP contribution in [0.1, 0.15) is 44.7 Å². The molecule has 0 unspecified atom stereocenters. The van der Waals surface area contributed by atoms with Crippen molar-refractivity contribution in [3.63, 3.8) is 0 Å². The molecule has 0 aliphatic rings. The maximum atomic E-state index is 14.2. The van der Waals surface area contributed by atoms with Gasteiger partial charge in [-0.05, 0) is 62.1 Å². The minimum Gasteiger partial charge on any atom is -0.495 e. The maximum absolute atomic E-state index is 14.2. The highest BCUT2D eigenvalue weighted by molar-refractivity contribution is 7.92. The van der Waals surface area contributed by atoms with Crippen LogP contribution in [0.3, 0.4) is 0 Å². The molecular weight excluding hydrogens is 526 g/mol. The lowest BCUT2D eigenvalue weighted by molar-refractivity contribution is -0.140. The SMILES string of the molecule is CC[C@H](C)NC(=O)[C@H](CC)N(Cc1ccccc1C)C(=O)CN(c1ccccc1OC)S(=O)(=O)c1ccccc1. The standard InChI is InChI=1S/C31H39N3O5S/c1-6-24(4)32-31(36)27(7-2)33(21-25-16-12-11-15-23(25)3)30(35)22-34(28-19-13-14-20-29(28)39-5)40(37,38)26-17-9-8-10-18-26/h8-20,24,27H,6-7,21-22H2,1-5H3,(H,32,36)/t24-,27-/m0/s1. The molecule has 3 rings (SSSR count). The summed E-state index contributed by atoms with van der Waals surface area (Å²) in [5.41, 5.74) is 2.08. The van der Waals surface area contributed by atoms with Crippen molar-refractivity contribution in [2.75, 3.05) is 18.0 Å². The van der Waals surface area contributed by atoms with Gasteiger partial charge in [-0.3, -0.25) is 13.9 Å². The summed E-state index contributed by atoms with van der Waals surface area (Å²) in [4.78, 5) is 29.1. The first-order valence-electron chi connectivity index (χ1n) is 13.5. The molecule has 2 amide bonds. The van der Waals surface area contributed by atoms with Crippen LogP contribution < -0.4 is 14.4 Å². The molecule has 0 fully saturated rings. The number of para-hydroxylation sites is 2. The predicted octanol–water partition coefficient (Wildman–Crippen LogP) is 4.92. The fourth-order valence-electron chi connectivity index (χ4n) is 4.40. The summed E-state index contributed by atoms with van der Waals surface area (Å²) >= 11 is 0. The normalized spacial score (nSPS) is 12.7. The van der Waals surface area contributed by atoms with E-state index in [0.717, 1.165) is 21.9 Å². The largest absolute Gasteiger partial charge is 0.495 e. The van der Waals surface area contributed by atoms with Crippen LogP contribution in [0.25, 0.3) is 0 Å². The molecule has 214 valence electrons. The Bertz CT molecular complexity index is 1390. The molecule has 3 aromatic rings. The van der Waals surface area contributed by atoms with Gasteiger partial charge in [-0.1, -0.05) is 68.4 Å². The molecule has 0 aliphatic carbocycles. The smallest absolute Gasteiger partial charge is 0.264 e. The van der Waals surface area contributed by atoms with Crippen molar-refractivity contribution in [3.05, 3.63) is 90.0 Å². The number of anilines is 1. The van der Waals surface area contributed by atoms with Gasteiger partial charge in [0.1, 0.15) is 18.3 Å². The zero-order valence-electron chi connectivity index (χ0n) is 23.8. The molecule has 9 heteroatoms. The first-order chi connectivity index (χ1) is 19.1. The van der Waals surface area contributed by atoms with Crippen LogP contribution in [-0.2, 0) is 26.2 Å². The van der Waals surface area contributed by atoms with Crippen molar-refractivity contribution in [1.29, 1.82) is 0 Å². The molecule has 0 bridgehead atoms. The van der Waals surface area contributed by atoms with Crippen LogP contribution in [0, 0.1) is 6.92 Å². The van der Waals surface area contributed by atoms with Gasteiger partial charge in [0, 0.05) is 12.6 Å². The van der Waals surface area contributed by atoms with Crippen LogP contribution in [0.2, 0.25) is 0 Å². The summed E-state index contributed by atoms with van der Waals surface area (Å²) in [5, 5.41) is 2.99. The number of carbonyl (C=O) groups excluding carboxylic acids is 2. The predicted molar refractivity (Wildman–Crippen MR) is 158 cm³/mol. The Hall–Kier alpha value is -3.85. The van der Waals surface area contributed by atoms with Gasteiger partial charge in [-0.2, -0.15) is 0 Å². The summed E-state index contributed by atoms with van der Waals surface area (Å²) in [6, 6.07) is 21.4. The zero-order chi connectivity index (χ0) is 29.3. The van der Waals surface area contributed by atoms with Crippen molar-refractivity contribution in [2.45, 2.75) is 64.1 Å². The fraction of sp³-hybridized carbons (Fsp3) is 0.355. The number of nitrogens with zero attached hydrogens (tertiary/aromatic N) is 2. The topological polar surface area (TPSA) is 96.0 Å². The van der Waals surface area contributed by atoms with Crippen molar-refractivity contribution in [1.82, 2.24) is 10.2 Å². The fourth-order valence-corrected chi connectivity index (χ4v) is 5.85. The molecule has 0 spiro atoms. The van der Waals surface area contributed by atoms with E-state index in [2.05, 4.69) is 5.32 Å². The highest BCUT2D eigenvalue weighted by atomic mass is 32.2. The van der Waals surface area contributed by atoms with Crippen LogP contribution in [-0.4, -0.2) is 50.9 Å². The quantitative estimate of drug-likeness (QED) is 0.317. The molecule has 40 heavy (non-hydrogen) atoms. The lowest BCUT2D eigenvalue weighted by atomic mass is 10.1. The second-order valence-corrected chi connectivity index (χ2v) is 11.5. The van der Waals surface area contributed by atoms with Gasteiger partial charge < -0.3 is 15.0 Å². The van der Waals surface area contributed by atoms with Gasteiger partial charge in [0.25, 0.3) is 10.0 Å². The Labute approximate surface area is 238 Å². The van der Waals surface area contributed by atoms with Crippen LogP contribution in [0.5, 0.6) is 5.75 Å². The molecule has 0 aromatic heterocycles. The van der Waals surface area contributed by atoms with Crippen molar-refractivity contribution in [3.8, 4) is 5.75 Å². The van der Waals surface area contributed by atoms with Gasteiger partial charge in [0.2, 0.25) is 11.8 Å². The van der Waals surface area contributed by atoms with E-state index < -0.39 is 28.5 Å². The summed E-state index contributed by atoms with van der Waals surface area (Å²) < 4.78 is 34.4. The molecule has 1 N–H and O–H groups in total. The molecule has 0 saturated carbocycles. The van der Waals surface area contributed by atoms with Crippen LogP contribution in [0.4, 0.5) is 5.69 Å². The monoisotopic (exact) mass is 565 g/mol. The van der Waals surface area contributed by atoms with E-state index >= 15 is 0 Å². The minimum absolute atomic E-state index is 0.0423. The second kappa shape index (κ2) is 14.0. The van der Waals surface area contributed by atoms with Crippen LogP contribution in [0.15, 0.2) is 83.8 Å². The number of carbonyl (C=O) groups is 2. The number of nitrogens with one attached hydrogen (secondary N) is 1. The van der Waals surface area contributed by atoms with E-state index in [0.29, 0.717) is 12.2 Å². The third kappa shape index (κ3) is 7.21. The van der Waals surface area contributed by atoms with Gasteiger partial charge in [-0.25, -0.2) is 8.42 Å². The second-order valence-electron chi connectivity index (χ2n) is 9.69. The molecule has 3 aromatic carbocycles. The van der Waals surface area contributed by atoms with E-state index in [1.807, 2.05) is 52.0 Å². The van der Waals surface area contributed by atoms with E-state index in [4.69, 9.17) is 4.74 Å². The Morgan fingerprint density at radius 2 is 1.52 bits per heavy atom. The Morgan fingerprint density at radius 3 is 2.15 bits per heavy atom. The lowest BCUT2D eigenvalue weighted by Crippen LogP contribution is -2.53. The molecular formula is C31H39N3O5S. The van der Waals surface area contributed by atoms with Crippen LogP contribution >= 0.6 is 0 Å².